The van der Waals surface area contributed by atoms with Crippen molar-refractivity contribution in [3.8, 4) is 5.75 Å². The van der Waals surface area contributed by atoms with Crippen LogP contribution in [0, 0.1) is 5.82 Å². The summed E-state index contributed by atoms with van der Waals surface area (Å²) in [5.74, 6) is -1.74. The van der Waals surface area contributed by atoms with Crippen molar-refractivity contribution in [3.05, 3.63) is 47.8 Å². The maximum atomic E-state index is 13.7. The standard InChI is InChI=1S/C18H18FN3O4/c1-10(23)20-14-6-12(7-15(8-14)21-11(2)24)18(25)22-13-4-5-17(26-3)16(19)9-13/h4-9H,1-3H3,(H,20,23)(H,21,24)(H,22,25). The van der Waals surface area contributed by atoms with Crippen LogP contribution in [0.3, 0.4) is 0 Å². The van der Waals surface area contributed by atoms with Crippen LogP contribution in [-0.2, 0) is 9.59 Å². The van der Waals surface area contributed by atoms with Gasteiger partial charge in [0, 0.05) is 42.5 Å². The van der Waals surface area contributed by atoms with Crippen molar-refractivity contribution in [3.63, 3.8) is 0 Å². The summed E-state index contributed by atoms with van der Waals surface area (Å²) in [4.78, 5) is 35.0. The number of hydrogen-bond donors (Lipinski definition) is 3. The molecule has 0 aliphatic heterocycles. The zero-order valence-corrected chi connectivity index (χ0v) is 14.5. The topological polar surface area (TPSA) is 96.5 Å². The molecule has 26 heavy (non-hydrogen) atoms. The van der Waals surface area contributed by atoms with Crippen LogP contribution in [-0.4, -0.2) is 24.8 Å². The summed E-state index contributed by atoms with van der Waals surface area (Å²) >= 11 is 0. The van der Waals surface area contributed by atoms with Crippen molar-refractivity contribution >= 4 is 34.8 Å². The van der Waals surface area contributed by atoms with Crippen molar-refractivity contribution < 1.29 is 23.5 Å². The van der Waals surface area contributed by atoms with E-state index < -0.39 is 11.7 Å². The van der Waals surface area contributed by atoms with E-state index in [1.54, 1.807) is 0 Å². The average molecular weight is 359 g/mol. The SMILES string of the molecule is COc1ccc(NC(=O)c2cc(NC(C)=O)cc(NC(C)=O)c2)cc1F. The van der Waals surface area contributed by atoms with Crippen LogP contribution in [0.1, 0.15) is 24.2 Å². The highest BCUT2D eigenvalue weighted by Gasteiger charge is 2.12. The van der Waals surface area contributed by atoms with Gasteiger partial charge < -0.3 is 20.7 Å². The molecule has 136 valence electrons. The second kappa shape index (κ2) is 8.11. The minimum absolute atomic E-state index is 0.0589. The fourth-order valence-electron chi connectivity index (χ4n) is 2.26. The van der Waals surface area contributed by atoms with Crippen molar-refractivity contribution in [2.24, 2.45) is 0 Å². The van der Waals surface area contributed by atoms with Crippen LogP contribution in [0.25, 0.3) is 0 Å². The average Bonchev–Trinajstić information content (AvgIpc) is 2.53. The number of ether oxygens (including phenoxy) is 1. The second-order valence-electron chi connectivity index (χ2n) is 5.46. The lowest BCUT2D eigenvalue weighted by molar-refractivity contribution is -0.115. The molecule has 0 aliphatic rings. The largest absolute Gasteiger partial charge is 0.494 e. The minimum Gasteiger partial charge on any atom is -0.494 e. The van der Waals surface area contributed by atoms with Gasteiger partial charge in [-0.1, -0.05) is 0 Å². The van der Waals surface area contributed by atoms with Gasteiger partial charge in [-0.2, -0.15) is 0 Å². The number of anilines is 3. The Labute approximate surface area is 149 Å². The molecule has 0 unspecified atom stereocenters. The van der Waals surface area contributed by atoms with Crippen LogP contribution >= 0.6 is 0 Å². The summed E-state index contributed by atoms with van der Waals surface area (Å²) in [7, 11) is 1.34. The van der Waals surface area contributed by atoms with Gasteiger partial charge in [-0.05, 0) is 30.3 Å². The minimum atomic E-state index is -0.615. The summed E-state index contributed by atoms with van der Waals surface area (Å²) < 4.78 is 18.6. The molecule has 0 aliphatic carbocycles. The monoisotopic (exact) mass is 359 g/mol. The number of benzene rings is 2. The van der Waals surface area contributed by atoms with E-state index in [0.29, 0.717) is 11.4 Å². The van der Waals surface area contributed by atoms with Gasteiger partial charge in [0.25, 0.3) is 5.91 Å². The third-order valence-electron chi connectivity index (χ3n) is 3.25. The quantitative estimate of drug-likeness (QED) is 0.764. The number of carbonyl (C=O) groups is 3. The highest BCUT2D eigenvalue weighted by Crippen LogP contribution is 2.23. The van der Waals surface area contributed by atoms with Gasteiger partial charge in [-0.25, -0.2) is 4.39 Å². The first-order valence-electron chi connectivity index (χ1n) is 7.63. The Kier molecular flexibility index (Phi) is 5.90. The molecule has 0 spiro atoms. The molecule has 2 aromatic carbocycles. The van der Waals surface area contributed by atoms with E-state index in [0.717, 1.165) is 6.07 Å². The number of hydrogen-bond acceptors (Lipinski definition) is 4. The van der Waals surface area contributed by atoms with Gasteiger partial charge in [0.2, 0.25) is 11.8 Å². The summed E-state index contributed by atoms with van der Waals surface area (Å²) in [5, 5.41) is 7.66. The fourth-order valence-corrected chi connectivity index (χ4v) is 2.26. The van der Waals surface area contributed by atoms with E-state index in [1.165, 1.54) is 51.3 Å². The van der Waals surface area contributed by atoms with Crippen LogP contribution in [0.2, 0.25) is 0 Å². The van der Waals surface area contributed by atoms with Gasteiger partial charge in [0.1, 0.15) is 0 Å². The molecule has 3 N–H and O–H groups in total. The lowest BCUT2D eigenvalue weighted by Crippen LogP contribution is -2.15. The van der Waals surface area contributed by atoms with E-state index in [1.807, 2.05) is 0 Å². The Morgan fingerprint density at radius 1 is 0.846 bits per heavy atom. The molecule has 0 atom stereocenters. The lowest BCUT2D eigenvalue weighted by atomic mass is 10.1. The second-order valence-corrected chi connectivity index (χ2v) is 5.46. The molecular weight excluding hydrogens is 341 g/mol. The molecule has 0 bridgehead atoms. The van der Waals surface area contributed by atoms with E-state index >= 15 is 0 Å². The summed E-state index contributed by atoms with van der Waals surface area (Å²) in [6.07, 6.45) is 0. The number of rotatable bonds is 5. The molecule has 0 radical (unpaired) electrons. The molecular formula is C18H18FN3O4. The van der Waals surface area contributed by atoms with Crippen molar-refractivity contribution in [2.75, 3.05) is 23.1 Å². The molecule has 2 rings (SSSR count). The number of nitrogens with one attached hydrogen (secondary N) is 3. The maximum absolute atomic E-state index is 13.7. The number of amides is 3. The van der Waals surface area contributed by atoms with Crippen LogP contribution in [0.5, 0.6) is 5.75 Å². The third-order valence-corrected chi connectivity index (χ3v) is 3.25. The van der Waals surface area contributed by atoms with Crippen LogP contribution in [0.4, 0.5) is 21.5 Å². The zero-order chi connectivity index (χ0) is 19.3. The van der Waals surface area contributed by atoms with Gasteiger partial charge in [0.15, 0.2) is 11.6 Å². The predicted molar refractivity (Wildman–Crippen MR) is 96.0 cm³/mol. The van der Waals surface area contributed by atoms with Crippen molar-refractivity contribution in [1.82, 2.24) is 0 Å². The first kappa shape index (κ1) is 18.9. The first-order valence-corrected chi connectivity index (χ1v) is 7.63. The highest BCUT2D eigenvalue weighted by molar-refractivity contribution is 6.06. The Bertz CT molecular complexity index is 833. The van der Waals surface area contributed by atoms with Gasteiger partial charge >= 0.3 is 0 Å². The van der Waals surface area contributed by atoms with Gasteiger partial charge in [-0.3, -0.25) is 14.4 Å². The number of carbonyl (C=O) groups excluding carboxylic acids is 3. The van der Waals surface area contributed by atoms with E-state index in [-0.39, 0.29) is 28.8 Å². The van der Waals surface area contributed by atoms with Gasteiger partial charge in [-0.15, -0.1) is 0 Å². The number of halogens is 1. The Morgan fingerprint density at radius 2 is 1.42 bits per heavy atom. The lowest BCUT2D eigenvalue weighted by Gasteiger charge is -2.11. The molecule has 0 aromatic heterocycles. The first-order chi connectivity index (χ1) is 12.3. The molecule has 0 saturated carbocycles. The predicted octanol–water partition coefficient (Wildman–Crippen LogP) is 3.00. The van der Waals surface area contributed by atoms with Crippen LogP contribution in [0.15, 0.2) is 36.4 Å². The molecule has 2 aromatic rings. The van der Waals surface area contributed by atoms with Crippen LogP contribution < -0.4 is 20.7 Å². The summed E-state index contributed by atoms with van der Waals surface area (Å²) in [6.45, 7) is 2.65. The Hall–Kier alpha value is -3.42. The number of methoxy groups -OCH3 is 1. The maximum Gasteiger partial charge on any atom is 0.255 e. The summed E-state index contributed by atoms with van der Waals surface area (Å²) in [6, 6.07) is 8.42. The van der Waals surface area contributed by atoms with Gasteiger partial charge in [0.05, 0.1) is 7.11 Å². The molecule has 0 heterocycles. The van der Waals surface area contributed by atoms with E-state index in [9.17, 15) is 18.8 Å². The third kappa shape index (κ3) is 5.04. The molecule has 0 saturated heterocycles. The Balaban J connectivity index is 2.29. The van der Waals surface area contributed by atoms with Crippen molar-refractivity contribution in [2.45, 2.75) is 13.8 Å². The Morgan fingerprint density at radius 3 is 1.88 bits per heavy atom. The zero-order valence-electron chi connectivity index (χ0n) is 14.5. The van der Waals surface area contributed by atoms with E-state index in [4.69, 9.17) is 4.74 Å². The molecule has 3 amide bonds. The molecule has 0 fully saturated rings. The smallest absolute Gasteiger partial charge is 0.255 e. The molecule has 7 nitrogen and oxygen atoms in total. The highest BCUT2D eigenvalue weighted by atomic mass is 19.1. The van der Waals surface area contributed by atoms with E-state index in [2.05, 4.69) is 16.0 Å². The molecule has 8 heteroatoms. The normalized spacial score (nSPS) is 10.0. The van der Waals surface area contributed by atoms with Crippen molar-refractivity contribution in [1.29, 1.82) is 0 Å². The summed E-state index contributed by atoms with van der Waals surface area (Å²) in [5.41, 5.74) is 1.10. The fraction of sp³-hybridized carbons (Fsp3) is 0.167.